The van der Waals surface area contributed by atoms with Gasteiger partial charge in [0.05, 0.1) is 6.10 Å². The second-order valence-electron chi connectivity index (χ2n) is 11.4. The van der Waals surface area contributed by atoms with Gasteiger partial charge in [0.25, 0.3) is 0 Å². The monoisotopic (exact) mass is 453 g/mol. The highest BCUT2D eigenvalue weighted by molar-refractivity contribution is 5.82. The maximum atomic E-state index is 12.6. The van der Waals surface area contributed by atoms with Crippen LogP contribution in [0.3, 0.4) is 0 Å². The van der Waals surface area contributed by atoms with Crippen molar-refractivity contribution in [1.29, 1.82) is 0 Å². The molecule has 1 aliphatic heterocycles. The van der Waals surface area contributed by atoms with Crippen LogP contribution in [-0.2, 0) is 15.6 Å². The number of amides is 1. The highest BCUT2D eigenvalue weighted by atomic mass is 16.3. The minimum absolute atomic E-state index is 0.163. The van der Waals surface area contributed by atoms with Gasteiger partial charge in [-0.2, -0.15) is 0 Å². The molecular weight excluding hydrogens is 410 g/mol. The molecule has 1 amide bonds. The summed E-state index contributed by atoms with van der Waals surface area (Å²) < 4.78 is 0. The van der Waals surface area contributed by atoms with E-state index in [9.17, 15) is 9.90 Å². The number of hydrogen-bond donors (Lipinski definition) is 3. The summed E-state index contributed by atoms with van der Waals surface area (Å²) in [6, 6.07) is 6.04. The van der Waals surface area contributed by atoms with Crippen molar-refractivity contribution in [2.24, 2.45) is 11.7 Å². The number of allylic oxidation sites excluding steroid dienone is 1. The van der Waals surface area contributed by atoms with Gasteiger partial charge in [0.15, 0.2) is 0 Å². The van der Waals surface area contributed by atoms with Crippen LogP contribution < -0.4 is 11.1 Å². The van der Waals surface area contributed by atoms with E-state index in [-0.39, 0.29) is 22.7 Å². The van der Waals surface area contributed by atoms with E-state index in [2.05, 4.69) is 64.7 Å². The number of hydrogen-bond acceptors (Lipinski definition) is 4. The van der Waals surface area contributed by atoms with Crippen LogP contribution >= 0.6 is 0 Å². The van der Waals surface area contributed by atoms with Crippen molar-refractivity contribution < 1.29 is 9.90 Å². The van der Waals surface area contributed by atoms with E-state index in [4.69, 9.17) is 5.73 Å². The molecule has 1 saturated heterocycles. The number of fused-ring (bicyclic) bond motifs is 1. The number of carbonyl (C=O) groups excluding carboxylic acids is 1. The van der Waals surface area contributed by atoms with Gasteiger partial charge in [-0.15, -0.1) is 0 Å². The Morgan fingerprint density at radius 2 is 1.88 bits per heavy atom. The van der Waals surface area contributed by atoms with Crippen LogP contribution in [0.5, 0.6) is 0 Å². The van der Waals surface area contributed by atoms with Crippen LogP contribution in [0.15, 0.2) is 36.7 Å². The smallest absolute Gasteiger partial charge is 0.242 e. The summed E-state index contributed by atoms with van der Waals surface area (Å²) in [5.41, 5.74) is 12.5. The first-order valence-corrected chi connectivity index (χ1v) is 12.3. The highest BCUT2D eigenvalue weighted by Crippen LogP contribution is 2.46. The van der Waals surface area contributed by atoms with Gasteiger partial charge in [-0.05, 0) is 72.6 Å². The summed E-state index contributed by atoms with van der Waals surface area (Å²) >= 11 is 0. The quantitative estimate of drug-likeness (QED) is 0.595. The number of likely N-dealkylation sites (tertiary alicyclic amines) is 1. The second kappa shape index (κ2) is 9.63. The number of benzene rings is 1. The summed E-state index contributed by atoms with van der Waals surface area (Å²) in [6.07, 6.45) is 5.48. The van der Waals surface area contributed by atoms with Crippen molar-refractivity contribution in [3.05, 3.63) is 53.4 Å². The first-order chi connectivity index (χ1) is 15.3. The van der Waals surface area contributed by atoms with E-state index < -0.39 is 12.1 Å². The summed E-state index contributed by atoms with van der Waals surface area (Å²) in [5, 5.41) is 13.1. The van der Waals surface area contributed by atoms with Gasteiger partial charge in [-0.3, -0.25) is 4.79 Å². The fourth-order valence-electron chi connectivity index (χ4n) is 5.11. The van der Waals surface area contributed by atoms with Gasteiger partial charge < -0.3 is 21.1 Å². The zero-order valence-electron chi connectivity index (χ0n) is 21.4. The number of nitrogens with one attached hydrogen (secondary N) is 1. The molecule has 3 atom stereocenters. The van der Waals surface area contributed by atoms with Crippen molar-refractivity contribution in [2.45, 2.75) is 90.2 Å². The van der Waals surface area contributed by atoms with Crippen molar-refractivity contribution in [3.8, 4) is 0 Å². The van der Waals surface area contributed by atoms with Crippen LogP contribution in [0.1, 0.15) is 83.9 Å². The fraction of sp³-hybridized carbons (Fsp3) is 0.607. The van der Waals surface area contributed by atoms with Crippen LogP contribution in [0.4, 0.5) is 0 Å². The Labute approximate surface area is 200 Å². The summed E-state index contributed by atoms with van der Waals surface area (Å²) in [5.74, 6) is -0.0231. The normalized spacial score (nSPS) is 23.9. The average molecular weight is 454 g/mol. The van der Waals surface area contributed by atoms with Gasteiger partial charge in [-0.1, -0.05) is 52.5 Å². The molecule has 0 spiro atoms. The molecule has 3 rings (SSSR count). The zero-order chi connectivity index (χ0) is 24.6. The van der Waals surface area contributed by atoms with Crippen molar-refractivity contribution in [3.63, 3.8) is 0 Å². The Balaban J connectivity index is 1.70. The lowest BCUT2D eigenvalue weighted by Gasteiger charge is -2.42. The van der Waals surface area contributed by atoms with E-state index in [0.29, 0.717) is 13.1 Å². The van der Waals surface area contributed by atoms with Crippen LogP contribution in [-0.4, -0.2) is 41.1 Å². The largest absolute Gasteiger partial charge is 0.391 e. The molecule has 4 N–H and O–H groups in total. The van der Waals surface area contributed by atoms with Crippen molar-refractivity contribution in [2.75, 3.05) is 13.1 Å². The molecule has 5 heteroatoms. The van der Waals surface area contributed by atoms with Crippen molar-refractivity contribution >= 4 is 11.5 Å². The molecule has 1 heterocycles. The third-order valence-corrected chi connectivity index (χ3v) is 7.81. The number of piperidine rings is 1. The molecule has 3 unspecified atom stereocenters. The summed E-state index contributed by atoms with van der Waals surface area (Å²) in [6.45, 7) is 18.6. The lowest BCUT2D eigenvalue weighted by Crippen LogP contribution is -2.52. The maximum absolute atomic E-state index is 12.6. The molecule has 1 aromatic carbocycles. The molecule has 0 saturated carbocycles. The van der Waals surface area contributed by atoms with E-state index in [1.807, 2.05) is 6.20 Å². The molecule has 1 aliphatic carbocycles. The molecule has 1 aromatic rings. The molecule has 182 valence electrons. The van der Waals surface area contributed by atoms with E-state index in [1.165, 1.54) is 29.5 Å². The Hall–Kier alpha value is -2.11. The minimum atomic E-state index is -0.870. The Kier molecular flexibility index (Phi) is 7.45. The Bertz CT molecular complexity index is 929. The SMILES string of the molecule is C=C(N/C=C(\C)c1ccc2c(c1)C(C)(C)CCC2(C)C)C1CCCN(C(=O)C(N)C(C)O)C1. The van der Waals surface area contributed by atoms with Gasteiger partial charge in [0, 0.05) is 30.9 Å². The molecule has 0 radical (unpaired) electrons. The number of carbonyl (C=O) groups is 1. The van der Waals surface area contributed by atoms with Gasteiger partial charge in [-0.25, -0.2) is 0 Å². The van der Waals surface area contributed by atoms with E-state index in [0.717, 1.165) is 24.1 Å². The molecule has 0 aromatic heterocycles. The summed E-state index contributed by atoms with van der Waals surface area (Å²) in [4.78, 5) is 14.3. The lowest BCUT2D eigenvalue weighted by atomic mass is 9.63. The third kappa shape index (κ3) is 5.52. The topological polar surface area (TPSA) is 78.6 Å². The Morgan fingerprint density at radius 1 is 1.24 bits per heavy atom. The number of nitrogens with zero attached hydrogens (tertiary/aromatic N) is 1. The number of aliphatic hydroxyl groups is 1. The zero-order valence-corrected chi connectivity index (χ0v) is 21.4. The molecule has 0 bridgehead atoms. The molecule has 2 aliphatic rings. The van der Waals surface area contributed by atoms with E-state index in [1.54, 1.807) is 11.8 Å². The highest BCUT2D eigenvalue weighted by Gasteiger charge is 2.37. The molecule has 1 fully saturated rings. The van der Waals surface area contributed by atoms with Gasteiger partial charge in [0.1, 0.15) is 6.04 Å². The number of aliphatic hydroxyl groups excluding tert-OH is 1. The van der Waals surface area contributed by atoms with Gasteiger partial charge in [0.2, 0.25) is 5.91 Å². The summed E-state index contributed by atoms with van der Waals surface area (Å²) in [7, 11) is 0. The third-order valence-electron chi connectivity index (χ3n) is 7.81. The standard InChI is InChI=1S/C28H43N3O2/c1-18(21-10-11-23-24(15-21)28(6,7)13-12-27(23,4)5)16-30-19(2)22-9-8-14-31(17-22)26(33)25(29)20(3)32/h10-11,15-16,20,22,25,30,32H,2,8-9,12-14,17,29H2,1,3-7H3/b18-16+. The van der Waals surface area contributed by atoms with Crippen LogP contribution in [0, 0.1) is 5.92 Å². The molecule has 33 heavy (non-hydrogen) atoms. The van der Waals surface area contributed by atoms with Gasteiger partial charge >= 0.3 is 0 Å². The first-order valence-electron chi connectivity index (χ1n) is 12.3. The minimum Gasteiger partial charge on any atom is -0.391 e. The lowest BCUT2D eigenvalue weighted by molar-refractivity contribution is -0.136. The first kappa shape index (κ1) is 25.5. The van der Waals surface area contributed by atoms with Crippen LogP contribution in [0.2, 0.25) is 0 Å². The van der Waals surface area contributed by atoms with E-state index >= 15 is 0 Å². The predicted octanol–water partition coefficient (Wildman–Crippen LogP) is 4.45. The maximum Gasteiger partial charge on any atom is 0.242 e. The molecule has 5 nitrogen and oxygen atoms in total. The predicted molar refractivity (Wildman–Crippen MR) is 137 cm³/mol. The number of nitrogens with two attached hydrogens (primary N) is 1. The Morgan fingerprint density at radius 3 is 2.52 bits per heavy atom. The number of rotatable bonds is 6. The average Bonchev–Trinajstić information content (AvgIpc) is 2.79. The van der Waals surface area contributed by atoms with Crippen LogP contribution in [0.25, 0.3) is 5.57 Å². The fourth-order valence-corrected chi connectivity index (χ4v) is 5.11. The molecular formula is C28H43N3O2. The van der Waals surface area contributed by atoms with Crippen molar-refractivity contribution in [1.82, 2.24) is 10.2 Å². The second-order valence-corrected chi connectivity index (χ2v) is 11.4.